The van der Waals surface area contributed by atoms with Gasteiger partial charge >= 0.3 is 0 Å². The number of rotatable bonds is 3. The highest BCUT2D eigenvalue weighted by Crippen LogP contribution is 2.36. The summed E-state index contributed by atoms with van der Waals surface area (Å²) < 4.78 is 0. The van der Waals surface area contributed by atoms with Crippen LogP contribution in [0.15, 0.2) is 48.5 Å². The molecule has 4 N–H and O–H groups in total. The van der Waals surface area contributed by atoms with Crippen LogP contribution < -0.4 is 11.1 Å². The van der Waals surface area contributed by atoms with E-state index >= 15 is 0 Å². The monoisotopic (exact) mass is 360 g/mol. The summed E-state index contributed by atoms with van der Waals surface area (Å²) in [6.07, 6.45) is 0.514. The molecule has 0 fully saturated rings. The van der Waals surface area contributed by atoms with Gasteiger partial charge in [0.25, 0.3) is 0 Å². The van der Waals surface area contributed by atoms with Crippen LogP contribution in [0.5, 0.6) is 0 Å². The summed E-state index contributed by atoms with van der Waals surface area (Å²) in [5.41, 5.74) is 11.3. The summed E-state index contributed by atoms with van der Waals surface area (Å²) in [6.45, 7) is 1.41. The van der Waals surface area contributed by atoms with E-state index in [4.69, 9.17) is 10.7 Å². The molecule has 0 spiro atoms. The van der Waals surface area contributed by atoms with Crippen LogP contribution >= 0.6 is 0 Å². The van der Waals surface area contributed by atoms with Gasteiger partial charge in [0.1, 0.15) is 11.8 Å². The lowest BCUT2D eigenvalue weighted by molar-refractivity contribution is -0.114. The summed E-state index contributed by atoms with van der Waals surface area (Å²) in [5.74, 6) is 0.0474. The van der Waals surface area contributed by atoms with Gasteiger partial charge in [-0.15, -0.1) is 0 Å². The van der Waals surface area contributed by atoms with Gasteiger partial charge in [-0.1, -0.05) is 36.4 Å². The number of nitrogens with zero attached hydrogens (tertiary/aromatic N) is 2. The number of hydrogen-bond donors (Lipinski definition) is 3. The molecule has 1 atom stereocenters. The number of hydrogen-bond acceptors (Lipinski definition) is 5. The SMILES string of the molecule is CC(=O)Nc1nc2c(nc1C(O)c1ccccc1)-c1ccc(N)cc1CC2. The minimum absolute atomic E-state index is 0.255. The van der Waals surface area contributed by atoms with Gasteiger partial charge in [-0.2, -0.15) is 0 Å². The largest absolute Gasteiger partial charge is 0.399 e. The number of benzene rings is 2. The zero-order valence-electron chi connectivity index (χ0n) is 14.9. The normalized spacial score (nSPS) is 13.4. The zero-order valence-corrected chi connectivity index (χ0v) is 14.9. The molecule has 6 nitrogen and oxygen atoms in total. The van der Waals surface area contributed by atoms with Crippen LogP contribution in [0.3, 0.4) is 0 Å². The third kappa shape index (κ3) is 3.27. The molecule has 1 aromatic heterocycles. The molecule has 0 aliphatic heterocycles. The molecule has 0 saturated heterocycles. The summed E-state index contributed by atoms with van der Waals surface area (Å²) in [4.78, 5) is 21.0. The molecular formula is C21H20N4O2. The van der Waals surface area contributed by atoms with Gasteiger partial charge in [0.05, 0.1) is 11.4 Å². The number of carbonyl (C=O) groups excluding carboxylic acids is 1. The fourth-order valence-electron chi connectivity index (χ4n) is 3.42. The quantitative estimate of drug-likeness (QED) is 0.624. The van der Waals surface area contributed by atoms with E-state index in [1.807, 2.05) is 48.5 Å². The van der Waals surface area contributed by atoms with E-state index < -0.39 is 6.10 Å². The first-order valence-electron chi connectivity index (χ1n) is 8.83. The number of amides is 1. The van der Waals surface area contributed by atoms with Crippen LogP contribution in [0.25, 0.3) is 11.3 Å². The third-order valence-corrected chi connectivity index (χ3v) is 4.68. The standard InChI is InChI=1S/C21H20N4O2/c1-12(26)23-21-19(20(27)13-5-3-2-4-6-13)25-18-16-9-8-15(22)11-14(16)7-10-17(18)24-21/h2-6,8-9,11,20,27H,7,10,22H2,1H3,(H,23,24,26). The Kier molecular flexibility index (Phi) is 4.33. The van der Waals surface area contributed by atoms with Crippen molar-refractivity contribution in [1.29, 1.82) is 0 Å². The van der Waals surface area contributed by atoms with Crippen LogP contribution in [0.4, 0.5) is 11.5 Å². The van der Waals surface area contributed by atoms with Crippen molar-refractivity contribution < 1.29 is 9.90 Å². The van der Waals surface area contributed by atoms with E-state index in [9.17, 15) is 9.90 Å². The van der Waals surface area contributed by atoms with E-state index in [1.165, 1.54) is 6.92 Å². The molecule has 1 aliphatic carbocycles. The molecule has 0 bridgehead atoms. The van der Waals surface area contributed by atoms with Crippen molar-refractivity contribution in [3.63, 3.8) is 0 Å². The number of nitrogens with one attached hydrogen (secondary N) is 1. The number of fused-ring (bicyclic) bond motifs is 3. The average molecular weight is 360 g/mol. The number of nitrogens with two attached hydrogens (primary N) is 1. The first-order chi connectivity index (χ1) is 13.0. The predicted octanol–water partition coefficient (Wildman–Crippen LogP) is 2.86. The van der Waals surface area contributed by atoms with Gasteiger partial charge in [0.15, 0.2) is 5.82 Å². The fraction of sp³-hybridized carbons (Fsp3) is 0.190. The molecular weight excluding hydrogens is 340 g/mol. The van der Waals surface area contributed by atoms with Crippen molar-refractivity contribution in [3.8, 4) is 11.3 Å². The number of nitrogen functional groups attached to an aromatic ring is 1. The average Bonchev–Trinajstić information content (AvgIpc) is 2.67. The second-order valence-electron chi connectivity index (χ2n) is 6.66. The Morgan fingerprint density at radius 3 is 2.67 bits per heavy atom. The molecule has 27 heavy (non-hydrogen) atoms. The first kappa shape index (κ1) is 17.2. The zero-order chi connectivity index (χ0) is 19.0. The number of aliphatic hydroxyl groups excluding tert-OH is 1. The van der Waals surface area contributed by atoms with Gasteiger partial charge in [0, 0.05) is 18.2 Å². The smallest absolute Gasteiger partial charge is 0.222 e. The predicted molar refractivity (Wildman–Crippen MR) is 104 cm³/mol. The van der Waals surface area contributed by atoms with Crippen molar-refractivity contribution >= 4 is 17.4 Å². The van der Waals surface area contributed by atoms with Gasteiger partial charge in [-0.3, -0.25) is 4.79 Å². The highest BCUT2D eigenvalue weighted by molar-refractivity contribution is 5.88. The lowest BCUT2D eigenvalue weighted by Gasteiger charge is -2.22. The van der Waals surface area contributed by atoms with Gasteiger partial charge in [-0.25, -0.2) is 9.97 Å². The van der Waals surface area contributed by atoms with Gasteiger partial charge in [0.2, 0.25) is 5.91 Å². The highest BCUT2D eigenvalue weighted by Gasteiger charge is 2.25. The third-order valence-electron chi connectivity index (χ3n) is 4.68. The van der Waals surface area contributed by atoms with E-state index in [-0.39, 0.29) is 5.91 Å². The van der Waals surface area contributed by atoms with Crippen LogP contribution in [-0.4, -0.2) is 21.0 Å². The Bertz CT molecular complexity index is 1020. The summed E-state index contributed by atoms with van der Waals surface area (Å²) in [7, 11) is 0. The molecule has 136 valence electrons. The number of aryl methyl sites for hydroxylation is 2. The molecule has 1 aliphatic rings. The minimum atomic E-state index is -0.995. The second kappa shape index (κ2) is 6.81. The molecule has 1 amide bonds. The van der Waals surface area contributed by atoms with E-state index in [0.29, 0.717) is 29.2 Å². The maximum atomic E-state index is 11.7. The van der Waals surface area contributed by atoms with Crippen LogP contribution in [0.1, 0.15) is 35.5 Å². The van der Waals surface area contributed by atoms with Crippen LogP contribution in [-0.2, 0) is 17.6 Å². The number of anilines is 2. The van der Waals surface area contributed by atoms with Crippen molar-refractivity contribution in [1.82, 2.24) is 9.97 Å². The minimum Gasteiger partial charge on any atom is -0.399 e. The van der Waals surface area contributed by atoms with E-state index in [2.05, 4.69) is 10.3 Å². The van der Waals surface area contributed by atoms with Gasteiger partial charge < -0.3 is 16.2 Å². The molecule has 0 saturated carbocycles. The fourth-order valence-corrected chi connectivity index (χ4v) is 3.42. The van der Waals surface area contributed by atoms with Crippen molar-refractivity contribution in [2.24, 2.45) is 0 Å². The lowest BCUT2D eigenvalue weighted by Crippen LogP contribution is -2.18. The van der Waals surface area contributed by atoms with Crippen molar-refractivity contribution in [2.75, 3.05) is 11.1 Å². The number of aliphatic hydroxyl groups is 1. The number of carbonyl (C=O) groups is 1. The molecule has 0 radical (unpaired) electrons. The summed E-state index contributed by atoms with van der Waals surface area (Å²) in [5, 5.41) is 13.6. The lowest BCUT2D eigenvalue weighted by atomic mass is 9.91. The van der Waals surface area contributed by atoms with Crippen molar-refractivity contribution in [3.05, 3.63) is 71.0 Å². The molecule has 1 unspecified atom stereocenters. The number of aromatic nitrogens is 2. The van der Waals surface area contributed by atoms with Crippen LogP contribution in [0, 0.1) is 0 Å². The first-order valence-corrected chi connectivity index (χ1v) is 8.83. The molecule has 6 heteroatoms. The summed E-state index contributed by atoms with van der Waals surface area (Å²) >= 11 is 0. The molecule has 4 rings (SSSR count). The van der Waals surface area contributed by atoms with E-state index in [0.717, 1.165) is 28.9 Å². The highest BCUT2D eigenvalue weighted by atomic mass is 16.3. The molecule has 3 aromatic rings. The van der Waals surface area contributed by atoms with Crippen LogP contribution in [0.2, 0.25) is 0 Å². The van der Waals surface area contributed by atoms with E-state index in [1.54, 1.807) is 0 Å². The Balaban J connectivity index is 1.88. The maximum Gasteiger partial charge on any atom is 0.222 e. The Labute approximate surface area is 157 Å². The summed E-state index contributed by atoms with van der Waals surface area (Å²) in [6, 6.07) is 14.9. The van der Waals surface area contributed by atoms with Gasteiger partial charge in [-0.05, 0) is 36.1 Å². The Morgan fingerprint density at radius 1 is 1.15 bits per heavy atom. The topological polar surface area (TPSA) is 101 Å². The second-order valence-corrected chi connectivity index (χ2v) is 6.66. The Hall–Kier alpha value is -3.25. The maximum absolute atomic E-state index is 11.7. The van der Waals surface area contributed by atoms with Crippen molar-refractivity contribution in [2.45, 2.75) is 25.9 Å². The molecule has 1 heterocycles. The molecule has 2 aromatic carbocycles. The Morgan fingerprint density at radius 2 is 1.93 bits per heavy atom.